The molecule has 0 aromatic heterocycles. The smallest absolute Gasteiger partial charge is 0.127 e. The van der Waals surface area contributed by atoms with Gasteiger partial charge in [-0.15, -0.1) is 0 Å². The third kappa shape index (κ3) is 3.80. The summed E-state index contributed by atoms with van der Waals surface area (Å²) in [6, 6.07) is 0.728. The molecule has 2 nitrogen and oxygen atoms in total. The van der Waals surface area contributed by atoms with E-state index in [1.165, 1.54) is 44.9 Å². The van der Waals surface area contributed by atoms with Gasteiger partial charge in [0.25, 0.3) is 0 Å². The van der Waals surface area contributed by atoms with Gasteiger partial charge in [0.2, 0.25) is 0 Å². The van der Waals surface area contributed by atoms with Gasteiger partial charge in [-0.1, -0.05) is 33.6 Å². The van der Waals surface area contributed by atoms with E-state index in [1.54, 1.807) is 0 Å². The normalized spacial score (nSPS) is 22.6. The van der Waals surface area contributed by atoms with Crippen molar-refractivity contribution in [1.82, 2.24) is 4.90 Å². The summed E-state index contributed by atoms with van der Waals surface area (Å²) in [6.45, 7) is 8.74. The molecule has 1 fully saturated rings. The van der Waals surface area contributed by atoms with E-state index in [4.69, 9.17) is 0 Å². The molecule has 1 rings (SSSR count). The van der Waals surface area contributed by atoms with Gasteiger partial charge in [0.05, 0.1) is 0 Å². The molecule has 1 atom stereocenters. The summed E-state index contributed by atoms with van der Waals surface area (Å²) < 4.78 is 0. The van der Waals surface area contributed by atoms with E-state index < -0.39 is 0 Å². The van der Waals surface area contributed by atoms with Crippen LogP contribution in [0.25, 0.3) is 0 Å². The highest BCUT2D eigenvalue weighted by Gasteiger charge is 2.32. The summed E-state index contributed by atoms with van der Waals surface area (Å²) in [5.74, 6) is 0. The monoisotopic (exact) mass is 239 g/mol. The second-order valence-electron chi connectivity index (χ2n) is 5.60. The first kappa shape index (κ1) is 14.7. The topological polar surface area (TPSA) is 20.3 Å². The molecule has 2 heteroatoms. The number of hydrogen-bond acceptors (Lipinski definition) is 2. The highest BCUT2D eigenvalue weighted by atomic mass is 16.1. The van der Waals surface area contributed by atoms with Gasteiger partial charge in [0.1, 0.15) is 6.29 Å². The largest absolute Gasteiger partial charge is 0.303 e. The number of carbonyl (C=O) groups is 1. The molecule has 0 aromatic carbocycles. The minimum Gasteiger partial charge on any atom is -0.303 e. The summed E-state index contributed by atoms with van der Waals surface area (Å²) >= 11 is 0. The van der Waals surface area contributed by atoms with E-state index in [0.29, 0.717) is 0 Å². The van der Waals surface area contributed by atoms with Crippen LogP contribution < -0.4 is 0 Å². The molecule has 1 aliphatic rings. The summed E-state index contributed by atoms with van der Waals surface area (Å²) in [7, 11) is 0. The molecule has 0 aliphatic carbocycles. The van der Waals surface area contributed by atoms with Crippen LogP contribution in [0.1, 0.15) is 65.7 Å². The van der Waals surface area contributed by atoms with E-state index in [1.807, 2.05) is 0 Å². The number of aldehydes is 1. The summed E-state index contributed by atoms with van der Waals surface area (Å²) in [4.78, 5) is 14.0. The molecule has 1 unspecified atom stereocenters. The first-order valence-corrected chi connectivity index (χ1v) is 7.41. The molecule has 0 radical (unpaired) electrons. The molecule has 0 spiro atoms. The Morgan fingerprint density at radius 1 is 1.24 bits per heavy atom. The fourth-order valence-corrected chi connectivity index (χ4v) is 3.01. The van der Waals surface area contributed by atoms with Crippen molar-refractivity contribution < 1.29 is 4.79 Å². The van der Waals surface area contributed by atoms with Crippen molar-refractivity contribution >= 4 is 6.29 Å². The predicted octanol–water partition coefficient (Wildman–Crippen LogP) is 3.65. The lowest BCUT2D eigenvalue weighted by Gasteiger charge is -2.40. The minimum atomic E-state index is -0.0939. The van der Waals surface area contributed by atoms with Crippen LogP contribution in [0.2, 0.25) is 0 Å². The Labute approximate surface area is 107 Å². The second kappa shape index (κ2) is 7.15. The Balaban J connectivity index is 2.64. The van der Waals surface area contributed by atoms with Gasteiger partial charge in [-0.05, 0) is 38.6 Å². The van der Waals surface area contributed by atoms with Gasteiger partial charge in [0, 0.05) is 18.0 Å². The van der Waals surface area contributed by atoms with Crippen LogP contribution in [0.4, 0.5) is 0 Å². The zero-order chi connectivity index (χ0) is 12.7. The van der Waals surface area contributed by atoms with E-state index in [2.05, 4.69) is 25.7 Å². The quantitative estimate of drug-likeness (QED) is 0.632. The minimum absolute atomic E-state index is 0.0939. The Kier molecular flexibility index (Phi) is 6.18. The van der Waals surface area contributed by atoms with Gasteiger partial charge in [-0.25, -0.2) is 0 Å². The van der Waals surface area contributed by atoms with Crippen LogP contribution in [-0.4, -0.2) is 30.3 Å². The van der Waals surface area contributed by atoms with Gasteiger partial charge in [0.15, 0.2) is 0 Å². The number of piperidine rings is 1. The van der Waals surface area contributed by atoms with Crippen molar-refractivity contribution in [3.8, 4) is 0 Å². The molecule has 17 heavy (non-hydrogen) atoms. The highest BCUT2D eigenvalue weighted by Crippen LogP contribution is 2.29. The molecule has 1 heterocycles. The number of nitrogens with zero attached hydrogens (tertiary/aromatic N) is 1. The van der Waals surface area contributed by atoms with Gasteiger partial charge >= 0.3 is 0 Å². The average Bonchev–Trinajstić information content (AvgIpc) is 2.38. The number of carbonyl (C=O) groups excluding carboxylic acids is 1. The summed E-state index contributed by atoms with van der Waals surface area (Å²) in [5, 5.41) is 0. The maximum absolute atomic E-state index is 11.4. The zero-order valence-electron chi connectivity index (χ0n) is 11.9. The van der Waals surface area contributed by atoms with E-state index in [9.17, 15) is 4.79 Å². The van der Waals surface area contributed by atoms with E-state index in [-0.39, 0.29) is 5.41 Å². The van der Waals surface area contributed by atoms with Crippen LogP contribution in [0, 0.1) is 5.41 Å². The fourth-order valence-electron chi connectivity index (χ4n) is 3.01. The molecule has 0 N–H and O–H groups in total. The number of likely N-dealkylation sites (tertiary alicyclic amines) is 1. The molecule has 100 valence electrons. The average molecular weight is 239 g/mol. The molecule has 1 aliphatic heterocycles. The zero-order valence-corrected chi connectivity index (χ0v) is 11.9. The Morgan fingerprint density at radius 2 is 1.94 bits per heavy atom. The lowest BCUT2D eigenvalue weighted by molar-refractivity contribution is -0.118. The summed E-state index contributed by atoms with van der Waals surface area (Å²) in [6.07, 6.45) is 9.72. The Morgan fingerprint density at radius 3 is 2.47 bits per heavy atom. The molecular formula is C15H29NO. The molecule has 0 amide bonds. The van der Waals surface area contributed by atoms with E-state index >= 15 is 0 Å². The molecule has 0 saturated carbocycles. The first-order valence-electron chi connectivity index (χ1n) is 7.41. The van der Waals surface area contributed by atoms with Crippen LogP contribution in [0.15, 0.2) is 0 Å². The van der Waals surface area contributed by atoms with Crippen LogP contribution in [-0.2, 0) is 4.79 Å². The van der Waals surface area contributed by atoms with Crippen molar-refractivity contribution in [2.45, 2.75) is 71.8 Å². The van der Waals surface area contributed by atoms with Crippen LogP contribution in [0.5, 0.6) is 0 Å². The maximum atomic E-state index is 11.4. The van der Waals surface area contributed by atoms with Crippen molar-refractivity contribution in [2.24, 2.45) is 5.41 Å². The van der Waals surface area contributed by atoms with E-state index in [0.717, 1.165) is 25.4 Å². The van der Waals surface area contributed by atoms with Gasteiger partial charge < -0.3 is 4.79 Å². The second-order valence-corrected chi connectivity index (χ2v) is 5.60. The SMILES string of the molecule is CCCC1CCCCN1CC(C=O)(CC)CC. The number of hydrogen-bond donors (Lipinski definition) is 0. The molecule has 0 bridgehead atoms. The van der Waals surface area contributed by atoms with Crippen LogP contribution >= 0.6 is 0 Å². The van der Waals surface area contributed by atoms with Gasteiger partial charge in [-0.2, -0.15) is 0 Å². The van der Waals surface area contributed by atoms with Crippen molar-refractivity contribution in [1.29, 1.82) is 0 Å². The predicted molar refractivity (Wildman–Crippen MR) is 73.2 cm³/mol. The molecule has 0 aromatic rings. The Hall–Kier alpha value is -0.370. The molecule has 1 saturated heterocycles. The maximum Gasteiger partial charge on any atom is 0.127 e. The Bertz CT molecular complexity index is 221. The van der Waals surface area contributed by atoms with Crippen molar-refractivity contribution in [3.05, 3.63) is 0 Å². The summed E-state index contributed by atoms with van der Waals surface area (Å²) in [5.41, 5.74) is -0.0939. The van der Waals surface area contributed by atoms with Crippen molar-refractivity contribution in [2.75, 3.05) is 13.1 Å². The number of rotatable bonds is 7. The first-order chi connectivity index (χ1) is 8.21. The highest BCUT2D eigenvalue weighted by molar-refractivity contribution is 5.59. The standard InChI is InChI=1S/C15H29NO/c1-4-9-14-10-7-8-11-16(14)12-15(5-2,6-3)13-17/h13-14H,4-12H2,1-3H3. The van der Waals surface area contributed by atoms with Crippen LogP contribution in [0.3, 0.4) is 0 Å². The lowest BCUT2D eigenvalue weighted by atomic mass is 9.82. The fraction of sp³-hybridized carbons (Fsp3) is 0.933. The third-order valence-electron chi connectivity index (χ3n) is 4.55. The molecular weight excluding hydrogens is 210 g/mol. The lowest BCUT2D eigenvalue weighted by Crippen LogP contribution is -2.46. The third-order valence-corrected chi connectivity index (χ3v) is 4.55. The van der Waals surface area contributed by atoms with Crippen molar-refractivity contribution in [3.63, 3.8) is 0 Å². The van der Waals surface area contributed by atoms with Gasteiger partial charge in [-0.3, -0.25) is 4.90 Å².